The first-order valence-corrected chi connectivity index (χ1v) is 15.2. The lowest BCUT2D eigenvalue weighted by atomic mass is 9.84. The van der Waals surface area contributed by atoms with Crippen molar-refractivity contribution in [2.45, 2.75) is 13.8 Å². The second-order valence-corrected chi connectivity index (χ2v) is 11.4. The van der Waals surface area contributed by atoms with E-state index in [0.29, 0.717) is 0 Å². The van der Waals surface area contributed by atoms with Gasteiger partial charge in [0.15, 0.2) is 0 Å². The molecule has 0 spiro atoms. The van der Waals surface area contributed by atoms with E-state index in [9.17, 15) is 0 Å². The van der Waals surface area contributed by atoms with E-state index in [-0.39, 0.29) is 0 Å². The lowest BCUT2D eigenvalue weighted by molar-refractivity contribution is 0.834. The summed E-state index contributed by atoms with van der Waals surface area (Å²) in [6.07, 6.45) is 7.42. The molecular weight excluding hydrogens is 548 g/mol. The van der Waals surface area contributed by atoms with Crippen LogP contribution in [0, 0.1) is 13.8 Å². The molecule has 8 rings (SSSR count). The predicted molar refractivity (Wildman–Crippen MR) is 185 cm³/mol. The maximum absolute atomic E-state index is 5.05. The van der Waals surface area contributed by atoms with Gasteiger partial charge < -0.3 is 0 Å². The zero-order chi connectivity index (χ0) is 30.3. The lowest BCUT2D eigenvalue weighted by Gasteiger charge is -2.19. The molecule has 0 saturated heterocycles. The van der Waals surface area contributed by atoms with Gasteiger partial charge in [-0.15, -0.1) is 0 Å². The minimum Gasteiger partial charge on any atom is -0.265 e. The molecule has 0 saturated carbocycles. The third-order valence-electron chi connectivity index (χ3n) is 8.72. The first-order chi connectivity index (χ1) is 22.2. The summed E-state index contributed by atoms with van der Waals surface area (Å²) < 4.78 is 2.07. The smallest absolute Gasteiger partial charge is 0.0679 e. The fourth-order valence-electron chi connectivity index (χ4n) is 6.73. The maximum atomic E-state index is 5.05. The molecule has 0 aliphatic heterocycles. The first-order valence-electron chi connectivity index (χ1n) is 15.2. The van der Waals surface area contributed by atoms with Crippen LogP contribution in [0.2, 0.25) is 0 Å². The first kappa shape index (κ1) is 26.7. The highest BCUT2D eigenvalue weighted by atomic mass is 15.3. The van der Waals surface area contributed by atoms with E-state index in [1.54, 1.807) is 0 Å². The Labute approximate surface area is 262 Å². The summed E-state index contributed by atoms with van der Waals surface area (Å²) in [6, 6.07) is 43.2. The van der Waals surface area contributed by atoms with Crippen LogP contribution in [0.25, 0.3) is 71.7 Å². The van der Waals surface area contributed by atoms with Crippen molar-refractivity contribution in [1.29, 1.82) is 0 Å². The topological polar surface area (TPSA) is 43.6 Å². The van der Waals surface area contributed by atoms with Crippen LogP contribution in [0.1, 0.15) is 11.4 Å². The van der Waals surface area contributed by atoms with E-state index in [1.807, 2.05) is 30.9 Å². The molecule has 3 aromatic heterocycles. The van der Waals surface area contributed by atoms with Gasteiger partial charge in [0.05, 0.1) is 11.4 Å². The van der Waals surface area contributed by atoms with E-state index >= 15 is 0 Å². The summed E-state index contributed by atoms with van der Waals surface area (Å²) >= 11 is 0. The molecule has 0 fully saturated rings. The summed E-state index contributed by atoms with van der Waals surface area (Å²) in [5.41, 5.74) is 12.6. The fraction of sp³-hybridized carbons (Fsp3) is 0.0488. The number of nitrogens with zero attached hydrogens (tertiary/aromatic N) is 4. The highest BCUT2D eigenvalue weighted by Gasteiger charge is 2.22. The molecule has 8 aromatic rings. The van der Waals surface area contributed by atoms with Gasteiger partial charge >= 0.3 is 0 Å². The van der Waals surface area contributed by atoms with Crippen molar-refractivity contribution >= 4 is 21.5 Å². The Kier molecular flexibility index (Phi) is 6.54. The third-order valence-corrected chi connectivity index (χ3v) is 8.72. The number of aryl methyl sites for hydroxylation is 1. The van der Waals surface area contributed by atoms with Crippen molar-refractivity contribution in [3.8, 4) is 50.2 Å². The van der Waals surface area contributed by atoms with Crippen molar-refractivity contribution < 1.29 is 0 Å². The average Bonchev–Trinajstić information content (AvgIpc) is 3.40. The summed E-state index contributed by atoms with van der Waals surface area (Å²) in [6.45, 7) is 4.30. The van der Waals surface area contributed by atoms with Crippen LogP contribution in [-0.2, 0) is 0 Å². The minimum atomic E-state index is 1.01. The van der Waals surface area contributed by atoms with Crippen LogP contribution in [0.3, 0.4) is 0 Å². The van der Waals surface area contributed by atoms with Crippen LogP contribution in [-0.4, -0.2) is 19.7 Å². The van der Waals surface area contributed by atoms with E-state index in [4.69, 9.17) is 5.10 Å². The molecular formula is C41H30N4. The lowest BCUT2D eigenvalue weighted by Crippen LogP contribution is -1.98. The number of pyridine rings is 2. The SMILES string of the molecule is Cc1nn(-c2ccccc2)c(C)c1-c1c2ccccc2c(-c2cc(-c3ccncc3)cc(-c3ccncc3)c2)c2ccccc12. The highest BCUT2D eigenvalue weighted by molar-refractivity contribution is 6.22. The highest BCUT2D eigenvalue weighted by Crippen LogP contribution is 2.46. The Morgan fingerprint density at radius 1 is 0.422 bits per heavy atom. The molecule has 0 aliphatic rings. The van der Waals surface area contributed by atoms with E-state index < -0.39 is 0 Å². The van der Waals surface area contributed by atoms with Gasteiger partial charge in [0, 0.05) is 41.6 Å². The number of fused-ring (bicyclic) bond motifs is 2. The summed E-state index contributed by atoms with van der Waals surface area (Å²) in [7, 11) is 0. The molecule has 0 amide bonds. The third kappa shape index (κ3) is 4.59. The van der Waals surface area contributed by atoms with Gasteiger partial charge in [-0.1, -0.05) is 66.7 Å². The Morgan fingerprint density at radius 2 is 0.867 bits per heavy atom. The Morgan fingerprint density at radius 3 is 1.38 bits per heavy atom. The normalized spacial score (nSPS) is 11.3. The fourth-order valence-corrected chi connectivity index (χ4v) is 6.73. The average molecular weight is 579 g/mol. The molecule has 0 radical (unpaired) electrons. The Hall–Kier alpha value is -5.87. The molecule has 0 N–H and O–H groups in total. The second-order valence-electron chi connectivity index (χ2n) is 11.4. The van der Waals surface area contributed by atoms with Gasteiger partial charge in [0.25, 0.3) is 0 Å². The van der Waals surface area contributed by atoms with Gasteiger partial charge in [-0.3, -0.25) is 9.97 Å². The van der Waals surface area contributed by atoms with E-state index in [1.165, 1.54) is 43.8 Å². The molecule has 0 unspecified atom stereocenters. The van der Waals surface area contributed by atoms with Crippen LogP contribution in [0.4, 0.5) is 0 Å². The maximum Gasteiger partial charge on any atom is 0.0679 e. The standard InChI is InChI=1S/C41H30N4/c1-27-39(28(2)45(44-27)34-10-4-3-5-11-34)41-37-14-8-6-12-35(37)40(36-13-7-9-15-38(36)41)33-25-31(29-16-20-42-21-17-29)24-32(26-33)30-18-22-43-23-19-30/h3-26H,1-2H3. The molecule has 0 bridgehead atoms. The van der Waals surface area contributed by atoms with Crippen molar-refractivity contribution in [3.63, 3.8) is 0 Å². The van der Waals surface area contributed by atoms with Gasteiger partial charge in [-0.25, -0.2) is 4.68 Å². The van der Waals surface area contributed by atoms with Gasteiger partial charge in [-0.2, -0.15) is 5.10 Å². The zero-order valence-corrected chi connectivity index (χ0v) is 25.1. The molecule has 45 heavy (non-hydrogen) atoms. The monoisotopic (exact) mass is 578 g/mol. The minimum absolute atomic E-state index is 1.01. The molecule has 0 atom stereocenters. The molecule has 4 heteroatoms. The molecule has 214 valence electrons. The molecule has 3 heterocycles. The molecule has 5 aromatic carbocycles. The van der Waals surface area contributed by atoms with Crippen LogP contribution < -0.4 is 0 Å². The van der Waals surface area contributed by atoms with Gasteiger partial charge in [0.2, 0.25) is 0 Å². The van der Waals surface area contributed by atoms with Gasteiger partial charge in [0.1, 0.15) is 0 Å². The van der Waals surface area contributed by atoms with Gasteiger partial charge in [-0.05, 0) is 123 Å². The molecule has 4 nitrogen and oxygen atoms in total. The van der Waals surface area contributed by atoms with Crippen molar-refractivity contribution in [3.05, 3.63) is 158 Å². The number of hydrogen-bond donors (Lipinski definition) is 0. The number of hydrogen-bond acceptors (Lipinski definition) is 3. The second kappa shape index (κ2) is 11.0. The summed E-state index contributed by atoms with van der Waals surface area (Å²) in [4.78, 5) is 8.54. The summed E-state index contributed by atoms with van der Waals surface area (Å²) in [5, 5.41) is 9.90. The van der Waals surface area contributed by atoms with Crippen molar-refractivity contribution in [1.82, 2.24) is 19.7 Å². The van der Waals surface area contributed by atoms with Crippen LogP contribution >= 0.6 is 0 Å². The number of para-hydroxylation sites is 1. The largest absolute Gasteiger partial charge is 0.265 e. The molecule has 0 aliphatic carbocycles. The Balaban J connectivity index is 1.45. The number of aromatic nitrogens is 4. The van der Waals surface area contributed by atoms with E-state index in [0.717, 1.165) is 39.3 Å². The van der Waals surface area contributed by atoms with Crippen LogP contribution in [0.5, 0.6) is 0 Å². The predicted octanol–water partition coefficient (Wildman–Crippen LogP) is 10.3. The quantitative estimate of drug-likeness (QED) is 0.191. The number of rotatable bonds is 5. The number of benzene rings is 5. The van der Waals surface area contributed by atoms with Crippen LogP contribution in [0.15, 0.2) is 146 Å². The Bertz CT molecular complexity index is 2210. The van der Waals surface area contributed by atoms with Crippen molar-refractivity contribution in [2.75, 3.05) is 0 Å². The van der Waals surface area contributed by atoms with Crippen molar-refractivity contribution in [2.24, 2.45) is 0 Å². The van der Waals surface area contributed by atoms with E-state index in [2.05, 4.69) is 144 Å². The zero-order valence-electron chi connectivity index (χ0n) is 25.1. The summed E-state index contributed by atoms with van der Waals surface area (Å²) in [5.74, 6) is 0.